The third-order valence-corrected chi connectivity index (χ3v) is 4.93. The standard InChI is InChI=1S/C14H14ClFN4O2S/c1-6-7-5-21-4-3-20(7)12-8-10(17-14(19-12)23-2)9(16)11(15)18-13(8)22-6/h6-7H,3-5H2,1-2H3/t6-,7+/m1/s1. The van der Waals surface area contributed by atoms with Gasteiger partial charge in [-0.05, 0) is 13.2 Å². The first kappa shape index (κ1) is 15.2. The molecule has 9 heteroatoms. The van der Waals surface area contributed by atoms with Crippen LogP contribution in [0, 0.1) is 5.82 Å². The van der Waals surface area contributed by atoms with Crippen molar-refractivity contribution in [2.24, 2.45) is 0 Å². The van der Waals surface area contributed by atoms with E-state index >= 15 is 0 Å². The monoisotopic (exact) mass is 356 g/mol. The van der Waals surface area contributed by atoms with Crippen molar-refractivity contribution in [3.05, 3.63) is 11.0 Å². The van der Waals surface area contributed by atoms with Gasteiger partial charge in [0.05, 0.1) is 19.3 Å². The van der Waals surface area contributed by atoms with Crippen LogP contribution in [0.2, 0.25) is 5.15 Å². The molecule has 2 aliphatic rings. The molecule has 0 bridgehead atoms. The summed E-state index contributed by atoms with van der Waals surface area (Å²) in [6.45, 7) is 3.70. The molecule has 2 atom stereocenters. The number of anilines is 1. The molecule has 0 N–H and O–H groups in total. The fraction of sp³-hybridized carbons (Fsp3) is 0.500. The Kier molecular flexibility index (Phi) is 3.70. The third-order valence-electron chi connectivity index (χ3n) is 4.13. The van der Waals surface area contributed by atoms with Crippen molar-refractivity contribution in [3.8, 4) is 5.88 Å². The Morgan fingerprint density at radius 3 is 2.96 bits per heavy atom. The number of morpholine rings is 1. The lowest BCUT2D eigenvalue weighted by atomic mass is 10.1. The van der Waals surface area contributed by atoms with E-state index in [0.717, 1.165) is 0 Å². The van der Waals surface area contributed by atoms with Gasteiger partial charge >= 0.3 is 0 Å². The molecular formula is C14H14ClFN4O2S. The molecule has 0 radical (unpaired) electrons. The van der Waals surface area contributed by atoms with Gasteiger partial charge in [-0.2, -0.15) is 4.98 Å². The van der Waals surface area contributed by atoms with Gasteiger partial charge in [0, 0.05) is 6.54 Å². The molecule has 2 aliphatic heterocycles. The van der Waals surface area contributed by atoms with Gasteiger partial charge in [-0.25, -0.2) is 14.4 Å². The highest BCUT2D eigenvalue weighted by atomic mass is 35.5. The minimum atomic E-state index is -0.646. The maximum Gasteiger partial charge on any atom is 0.228 e. The average Bonchev–Trinajstić information content (AvgIpc) is 2.68. The molecule has 6 nitrogen and oxygen atoms in total. The SMILES string of the molecule is CSc1nc2c3c(nc(Cl)c(F)c3n1)O[C@H](C)[C@@H]1COCCN21. The molecule has 0 saturated carbocycles. The van der Waals surface area contributed by atoms with E-state index in [9.17, 15) is 4.39 Å². The lowest BCUT2D eigenvalue weighted by Gasteiger charge is -2.37. The summed E-state index contributed by atoms with van der Waals surface area (Å²) in [6, 6.07) is -0.0207. The second kappa shape index (κ2) is 5.61. The molecule has 23 heavy (non-hydrogen) atoms. The molecule has 1 fully saturated rings. The largest absolute Gasteiger partial charge is 0.472 e. The van der Waals surface area contributed by atoms with Crippen LogP contribution in [0.15, 0.2) is 5.16 Å². The predicted octanol–water partition coefficient (Wildman–Crippen LogP) is 2.53. The smallest absolute Gasteiger partial charge is 0.228 e. The Morgan fingerprint density at radius 1 is 1.35 bits per heavy atom. The summed E-state index contributed by atoms with van der Waals surface area (Å²) in [4.78, 5) is 15.0. The van der Waals surface area contributed by atoms with Gasteiger partial charge in [0.1, 0.15) is 22.8 Å². The minimum Gasteiger partial charge on any atom is -0.472 e. The maximum atomic E-state index is 14.5. The van der Waals surface area contributed by atoms with Gasteiger partial charge in [0.25, 0.3) is 0 Å². The number of hydrogen-bond acceptors (Lipinski definition) is 7. The van der Waals surface area contributed by atoms with Crippen molar-refractivity contribution in [1.29, 1.82) is 0 Å². The normalized spacial score (nSPS) is 23.4. The molecular weight excluding hydrogens is 343 g/mol. The van der Waals surface area contributed by atoms with E-state index in [1.54, 1.807) is 0 Å². The molecule has 4 heterocycles. The van der Waals surface area contributed by atoms with E-state index in [1.807, 2.05) is 13.2 Å². The first-order valence-corrected chi connectivity index (χ1v) is 8.82. The lowest BCUT2D eigenvalue weighted by Crippen LogP contribution is -2.52. The predicted molar refractivity (Wildman–Crippen MR) is 86.1 cm³/mol. The van der Waals surface area contributed by atoms with Crippen molar-refractivity contribution in [2.75, 3.05) is 30.9 Å². The van der Waals surface area contributed by atoms with Crippen molar-refractivity contribution in [3.63, 3.8) is 0 Å². The Bertz CT molecular complexity index is 793. The number of hydrogen-bond donors (Lipinski definition) is 0. The van der Waals surface area contributed by atoms with Crippen LogP contribution in [0.1, 0.15) is 6.92 Å². The first-order valence-electron chi connectivity index (χ1n) is 7.22. The molecule has 0 aliphatic carbocycles. The number of pyridine rings is 1. The molecule has 0 unspecified atom stereocenters. The van der Waals surface area contributed by atoms with Gasteiger partial charge in [-0.15, -0.1) is 0 Å². The summed E-state index contributed by atoms with van der Waals surface area (Å²) in [6.07, 6.45) is 1.65. The summed E-state index contributed by atoms with van der Waals surface area (Å²) in [7, 11) is 0. The number of rotatable bonds is 1. The highest BCUT2D eigenvalue weighted by Gasteiger charge is 2.37. The Labute approximate surface area is 141 Å². The van der Waals surface area contributed by atoms with Crippen LogP contribution in [-0.2, 0) is 4.74 Å². The average molecular weight is 357 g/mol. The summed E-state index contributed by atoms with van der Waals surface area (Å²) in [5.74, 6) is 0.262. The maximum absolute atomic E-state index is 14.5. The highest BCUT2D eigenvalue weighted by Crippen LogP contribution is 2.40. The minimum absolute atomic E-state index is 0.0207. The number of fused-ring (bicyclic) bond motifs is 2. The summed E-state index contributed by atoms with van der Waals surface area (Å²) < 4.78 is 26.0. The van der Waals surface area contributed by atoms with Crippen LogP contribution in [0.25, 0.3) is 10.9 Å². The second-order valence-electron chi connectivity index (χ2n) is 5.44. The Morgan fingerprint density at radius 2 is 2.17 bits per heavy atom. The first-order chi connectivity index (χ1) is 11.1. The van der Waals surface area contributed by atoms with Crippen LogP contribution in [0.4, 0.5) is 10.2 Å². The van der Waals surface area contributed by atoms with E-state index in [0.29, 0.717) is 36.1 Å². The van der Waals surface area contributed by atoms with Gasteiger partial charge in [-0.3, -0.25) is 0 Å². The van der Waals surface area contributed by atoms with Crippen molar-refractivity contribution < 1.29 is 13.9 Å². The van der Waals surface area contributed by atoms with Gasteiger partial charge < -0.3 is 14.4 Å². The zero-order valence-electron chi connectivity index (χ0n) is 12.5. The molecule has 0 aromatic carbocycles. The number of thioether (sulfide) groups is 1. The number of halogens is 2. The van der Waals surface area contributed by atoms with Gasteiger partial charge in [-0.1, -0.05) is 23.4 Å². The van der Waals surface area contributed by atoms with E-state index < -0.39 is 5.82 Å². The Hall–Kier alpha value is -1.38. The van der Waals surface area contributed by atoms with Crippen LogP contribution in [-0.4, -0.2) is 53.1 Å². The molecule has 2 aromatic heterocycles. The highest BCUT2D eigenvalue weighted by molar-refractivity contribution is 7.98. The van der Waals surface area contributed by atoms with Gasteiger partial charge in [0.15, 0.2) is 16.1 Å². The summed E-state index contributed by atoms with van der Waals surface area (Å²) in [5.41, 5.74) is 0.147. The van der Waals surface area contributed by atoms with Crippen LogP contribution in [0.5, 0.6) is 5.88 Å². The zero-order valence-corrected chi connectivity index (χ0v) is 14.1. The number of aromatic nitrogens is 3. The molecule has 4 rings (SSSR count). The number of ether oxygens (including phenoxy) is 2. The second-order valence-corrected chi connectivity index (χ2v) is 6.57. The van der Waals surface area contributed by atoms with Crippen molar-refractivity contribution in [2.45, 2.75) is 24.2 Å². The summed E-state index contributed by atoms with van der Waals surface area (Å²) in [5, 5.41) is 0.716. The van der Waals surface area contributed by atoms with Crippen molar-refractivity contribution >= 4 is 40.1 Å². The van der Waals surface area contributed by atoms with Crippen molar-refractivity contribution in [1.82, 2.24) is 15.0 Å². The topological polar surface area (TPSA) is 60.4 Å². The van der Waals surface area contributed by atoms with E-state index in [2.05, 4.69) is 19.9 Å². The van der Waals surface area contributed by atoms with E-state index in [4.69, 9.17) is 21.1 Å². The number of nitrogens with zero attached hydrogens (tertiary/aromatic N) is 4. The zero-order chi connectivity index (χ0) is 16.1. The van der Waals surface area contributed by atoms with E-state index in [1.165, 1.54) is 11.8 Å². The van der Waals surface area contributed by atoms with Crippen LogP contribution >= 0.6 is 23.4 Å². The molecule has 0 spiro atoms. The molecule has 0 amide bonds. The fourth-order valence-corrected chi connectivity index (χ4v) is 3.52. The summed E-state index contributed by atoms with van der Waals surface area (Å²) >= 11 is 7.28. The quantitative estimate of drug-likeness (QED) is 0.442. The molecule has 2 aromatic rings. The van der Waals surface area contributed by atoms with Gasteiger partial charge in [0.2, 0.25) is 5.88 Å². The third kappa shape index (κ3) is 2.31. The Balaban J connectivity index is 2.06. The van der Waals surface area contributed by atoms with E-state index in [-0.39, 0.29) is 28.7 Å². The molecule has 122 valence electrons. The van der Waals surface area contributed by atoms with Crippen LogP contribution < -0.4 is 9.64 Å². The van der Waals surface area contributed by atoms with Crippen LogP contribution in [0.3, 0.4) is 0 Å². The fourth-order valence-electron chi connectivity index (χ4n) is 2.99. The lowest BCUT2D eigenvalue weighted by molar-refractivity contribution is 0.0524. The molecule has 1 saturated heterocycles.